The summed E-state index contributed by atoms with van der Waals surface area (Å²) in [5, 5.41) is 2.53. The van der Waals surface area contributed by atoms with E-state index in [4.69, 9.17) is 4.74 Å². The highest BCUT2D eigenvalue weighted by Crippen LogP contribution is 2.17. The van der Waals surface area contributed by atoms with Crippen LogP contribution in [0.2, 0.25) is 0 Å². The molecule has 2 aromatic rings. The van der Waals surface area contributed by atoms with Crippen LogP contribution in [0.5, 0.6) is 0 Å². The zero-order valence-electron chi connectivity index (χ0n) is 13.4. The summed E-state index contributed by atoms with van der Waals surface area (Å²) in [7, 11) is 0. The molecule has 0 bridgehead atoms. The second-order valence-electron chi connectivity index (χ2n) is 5.12. The zero-order valence-corrected chi connectivity index (χ0v) is 13.4. The van der Waals surface area contributed by atoms with Gasteiger partial charge in [0.15, 0.2) is 0 Å². The number of carbonyl (C=O) groups is 2. The number of ether oxygens (including phenoxy) is 1. The molecule has 0 fully saturated rings. The molecule has 1 aromatic carbocycles. The van der Waals surface area contributed by atoms with E-state index in [1.165, 1.54) is 12.1 Å². The van der Waals surface area contributed by atoms with Gasteiger partial charge in [0.05, 0.1) is 17.9 Å². The average molecular weight is 318 g/mol. The van der Waals surface area contributed by atoms with Crippen molar-refractivity contribution in [2.75, 3.05) is 11.9 Å². The van der Waals surface area contributed by atoms with E-state index in [2.05, 4.69) is 5.32 Å². The van der Waals surface area contributed by atoms with Gasteiger partial charge in [-0.1, -0.05) is 12.1 Å². The van der Waals surface area contributed by atoms with Crippen LogP contribution >= 0.6 is 0 Å². The summed E-state index contributed by atoms with van der Waals surface area (Å²) in [6.45, 7) is 5.56. The molecule has 0 spiro atoms. The van der Waals surface area contributed by atoms with Crippen LogP contribution in [0.15, 0.2) is 30.3 Å². The first-order valence-electron chi connectivity index (χ1n) is 7.32. The number of para-hydroxylation sites is 1. The third-order valence-electron chi connectivity index (χ3n) is 3.52. The van der Waals surface area contributed by atoms with E-state index in [1.54, 1.807) is 43.5 Å². The number of benzene rings is 1. The molecular weight excluding hydrogens is 299 g/mol. The third-order valence-corrected chi connectivity index (χ3v) is 3.52. The highest BCUT2D eigenvalue weighted by molar-refractivity contribution is 5.93. The maximum Gasteiger partial charge on any atom is 0.339 e. The molecule has 2 rings (SSSR count). The van der Waals surface area contributed by atoms with Crippen LogP contribution < -0.4 is 5.32 Å². The SMILES string of the molecule is CCOC(=O)c1cc(C)n(CC(=O)Nc2ccccc2F)c1C. The summed E-state index contributed by atoms with van der Waals surface area (Å²) in [4.78, 5) is 24.0. The maximum absolute atomic E-state index is 13.6. The predicted octanol–water partition coefficient (Wildman–Crippen LogP) is 3.06. The summed E-state index contributed by atoms with van der Waals surface area (Å²) < 4.78 is 20.2. The molecule has 0 radical (unpaired) electrons. The minimum atomic E-state index is -0.492. The van der Waals surface area contributed by atoms with Gasteiger partial charge in [0.1, 0.15) is 12.4 Å². The van der Waals surface area contributed by atoms with Gasteiger partial charge in [-0.05, 0) is 39.0 Å². The van der Waals surface area contributed by atoms with Crippen molar-refractivity contribution in [1.29, 1.82) is 0 Å². The Hall–Kier alpha value is -2.63. The fourth-order valence-corrected chi connectivity index (χ4v) is 2.36. The number of amides is 1. The number of aromatic nitrogens is 1. The van der Waals surface area contributed by atoms with Crippen molar-refractivity contribution in [2.24, 2.45) is 0 Å². The van der Waals surface area contributed by atoms with Crippen LogP contribution in [0.1, 0.15) is 28.7 Å². The van der Waals surface area contributed by atoms with Crippen LogP contribution in [0.25, 0.3) is 0 Å². The highest BCUT2D eigenvalue weighted by atomic mass is 19.1. The number of esters is 1. The minimum Gasteiger partial charge on any atom is -0.462 e. The molecule has 1 aromatic heterocycles. The van der Waals surface area contributed by atoms with Crippen molar-refractivity contribution in [2.45, 2.75) is 27.3 Å². The van der Waals surface area contributed by atoms with E-state index in [0.717, 1.165) is 5.69 Å². The Balaban J connectivity index is 2.15. The van der Waals surface area contributed by atoms with Crippen LogP contribution in [0.4, 0.5) is 10.1 Å². The Kier molecular flexibility index (Phi) is 5.16. The van der Waals surface area contributed by atoms with E-state index in [1.807, 2.05) is 0 Å². The topological polar surface area (TPSA) is 60.3 Å². The van der Waals surface area contributed by atoms with Crippen molar-refractivity contribution in [3.05, 3.63) is 53.1 Å². The van der Waals surface area contributed by atoms with Gasteiger partial charge in [-0.3, -0.25) is 4.79 Å². The molecule has 0 aliphatic heterocycles. The number of hydrogen-bond acceptors (Lipinski definition) is 3. The molecule has 23 heavy (non-hydrogen) atoms. The largest absolute Gasteiger partial charge is 0.462 e. The van der Waals surface area contributed by atoms with E-state index < -0.39 is 11.8 Å². The first-order chi connectivity index (χ1) is 10.9. The smallest absolute Gasteiger partial charge is 0.339 e. The van der Waals surface area contributed by atoms with Crippen molar-refractivity contribution in [3.63, 3.8) is 0 Å². The van der Waals surface area contributed by atoms with Gasteiger partial charge in [0.2, 0.25) is 5.91 Å². The van der Waals surface area contributed by atoms with Crippen molar-refractivity contribution in [3.8, 4) is 0 Å². The zero-order chi connectivity index (χ0) is 17.0. The second kappa shape index (κ2) is 7.09. The summed E-state index contributed by atoms with van der Waals surface area (Å²) >= 11 is 0. The van der Waals surface area contributed by atoms with Gasteiger partial charge < -0.3 is 14.6 Å². The van der Waals surface area contributed by atoms with E-state index >= 15 is 0 Å². The summed E-state index contributed by atoms with van der Waals surface area (Å²) in [6, 6.07) is 7.65. The van der Waals surface area contributed by atoms with Gasteiger partial charge in [-0.2, -0.15) is 0 Å². The molecule has 0 saturated carbocycles. The Bertz CT molecular complexity index is 737. The predicted molar refractivity (Wildman–Crippen MR) is 84.9 cm³/mol. The van der Waals surface area contributed by atoms with Crippen LogP contribution in [-0.4, -0.2) is 23.1 Å². The molecule has 0 aliphatic rings. The van der Waals surface area contributed by atoms with Gasteiger partial charge in [-0.25, -0.2) is 9.18 Å². The summed E-state index contributed by atoms with van der Waals surface area (Å²) in [6.07, 6.45) is 0. The normalized spacial score (nSPS) is 10.4. The lowest BCUT2D eigenvalue weighted by Gasteiger charge is -2.11. The number of nitrogens with zero attached hydrogens (tertiary/aromatic N) is 1. The molecule has 0 saturated heterocycles. The van der Waals surface area contributed by atoms with Crippen LogP contribution in [-0.2, 0) is 16.1 Å². The molecule has 0 aliphatic carbocycles. The Morgan fingerprint density at radius 1 is 1.26 bits per heavy atom. The molecule has 1 heterocycles. The second-order valence-corrected chi connectivity index (χ2v) is 5.12. The molecular formula is C17H19FN2O3. The van der Waals surface area contributed by atoms with Crippen molar-refractivity contribution >= 4 is 17.6 Å². The fourth-order valence-electron chi connectivity index (χ4n) is 2.36. The lowest BCUT2D eigenvalue weighted by Crippen LogP contribution is -2.21. The molecule has 0 unspecified atom stereocenters. The lowest BCUT2D eigenvalue weighted by atomic mass is 10.2. The molecule has 0 atom stereocenters. The first kappa shape index (κ1) is 16.7. The van der Waals surface area contributed by atoms with Gasteiger partial charge >= 0.3 is 5.97 Å². The quantitative estimate of drug-likeness (QED) is 0.862. The standard InChI is InChI=1S/C17H19FN2O3/c1-4-23-17(22)13-9-11(2)20(12(13)3)10-16(21)19-15-8-6-5-7-14(15)18/h5-9H,4,10H2,1-3H3,(H,19,21). The van der Waals surface area contributed by atoms with Gasteiger partial charge in [-0.15, -0.1) is 0 Å². The van der Waals surface area contributed by atoms with E-state index in [9.17, 15) is 14.0 Å². The lowest BCUT2D eigenvalue weighted by molar-refractivity contribution is -0.116. The third kappa shape index (κ3) is 3.77. The van der Waals surface area contributed by atoms with Crippen LogP contribution in [0, 0.1) is 19.7 Å². The summed E-state index contributed by atoms with van der Waals surface area (Å²) in [5.41, 5.74) is 1.97. The minimum absolute atomic E-state index is 0.00853. The number of rotatable bonds is 5. The van der Waals surface area contributed by atoms with E-state index in [0.29, 0.717) is 11.3 Å². The van der Waals surface area contributed by atoms with Crippen LogP contribution in [0.3, 0.4) is 0 Å². The Morgan fingerprint density at radius 3 is 2.61 bits per heavy atom. The monoisotopic (exact) mass is 318 g/mol. The molecule has 6 heteroatoms. The molecule has 5 nitrogen and oxygen atoms in total. The maximum atomic E-state index is 13.6. The summed E-state index contributed by atoms with van der Waals surface area (Å²) in [5.74, 6) is -1.28. The molecule has 1 amide bonds. The van der Waals surface area contributed by atoms with Gasteiger partial charge in [0, 0.05) is 11.4 Å². The Labute approximate surface area is 134 Å². The number of aryl methyl sites for hydroxylation is 1. The Morgan fingerprint density at radius 2 is 1.96 bits per heavy atom. The molecule has 1 N–H and O–H groups in total. The number of nitrogens with one attached hydrogen (secondary N) is 1. The van der Waals surface area contributed by atoms with Crippen molar-refractivity contribution in [1.82, 2.24) is 4.57 Å². The number of carbonyl (C=O) groups excluding carboxylic acids is 2. The first-order valence-corrected chi connectivity index (χ1v) is 7.32. The number of hydrogen-bond donors (Lipinski definition) is 1. The molecule has 122 valence electrons. The highest BCUT2D eigenvalue weighted by Gasteiger charge is 2.18. The average Bonchev–Trinajstić information content (AvgIpc) is 2.78. The van der Waals surface area contributed by atoms with Gasteiger partial charge in [0.25, 0.3) is 0 Å². The van der Waals surface area contributed by atoms with Crippen molar-refractivity contribution < 1.29 is 18.7 Å². The fraction of sp³-hybridized carbons (Fsp3) is 0.294. The number of anilines is 1. The number of halogens is 1. The van der Waals surface area contributed by atoms with E-state index in [-0.39, 0.29) is 24.7 Å².